The van der Waals surface area contributed by atoms with E-state index in [1.165, 1.54) is 6.08 Å². The quantitative estimate of drug-likeness (QED) is 0.882. The number of carbonyl (C=O) groups is 2. The molecule has 2 aromatic rings. The lowest BCUT2D eigenvalue weighted by atomic mass is 10.1. The van der Waals surface area contributed by atoms with Crippen molar-refractivity contribution in [3.63, 3.8) is 0 Å². The fourth-order valence-corrected chi connectivity index (χ4v) is 2.56. The first-order valence-corrected chi connectivity index (χ1v) is 7.64. The van der Waals surface area contributed by atoms with Crippen LogP contribution >= 0.6 is 0 Å². The van der Waals surface area contributed by atoms with Crippen LogP contribution < -0.4 is 5.32 Å². The predicted molar refractivity (Wildman–Crippen MR) is 88.0 cm³/mol. The molecule has 0 bridgehead atoms. The normalized spacial score (nSPS) is 14.3. The highest BCUT2D eigenvalue weighted by molar-refractivity contribution is 6.03. The number of furan rings is 1. The number of likely N-dealkylation sites (tertiary alicyclic amines) is 1. The van der Waals surface area contributed by atoms with Crippen molar-refractivity contribution >= 4 is 23.6 Å². The first kappa shape index (κ1) is 15.1. The van der Waals surface area contributed by atoms with Crippen molar-refractivity contribution < 1.29 is 14.0 Å². The van der Waals surface area contributed by atoms with E-state index in [1.54, 1.807) is 48.7 Å². The highest BCUT2D eigenvalue weighted by Gasteiger charge is 2.19. The molecule has 1 aromatic carbocycles. The Kier molecular flexibility index (Phi) is 4.57. The van der Waals surface area contributed by atoms with E-state index in [1.807, 2.05) is 4.90 Å². The molecule has 2 heterocycles. The zero-order valence-corrected chi connectivity index (χ0v) is 12.7. The molecule has 0 aliphatic carbocycles. The molecule has 1 fully saturated rings. The van der Waals surface area contributed by atoms with E-state index in [0.29, 0.717) is 17.0 Å². The van der Waals surface area contributed by atoms with Crippen molar-refractivity contribution in [3.8, 4) is 0 Å². The summed E-state index contributed by atoms with van der Waals surface area (Å²) in [5.41, 5.74) is 1.20. The Labute approximate surface area is 134 Å². The molecular weight excluding hydrogens is 292 g/mol. The Bertz CT molecular complexity index is 714. The Morgan fingerprint density at radius 2 is 1.96 bits per heavy atom. The fourth-order valence-electron chi connectivity index (χ4n) is 2.56. The number of amides is 2. The van der Waals surface area contributed by atoms with Crippen molar-refractivity contribution in [2.45, 2.75) is 12.8 Å². The van der Waals surface area contributed by atoms with Gasteiger partial charge in [0.15, 0.2) is 0 Å². The second-order valence-electron chi connectivity index (χ2n) is 5.42. The molecule has 1 aliphatic rings. The highest BCUT2D eigenvalue weighted by Crippen LogP contribution is 2.16. The van der Waals surface area contributed by atoms with Crippen LogP contribution in [0.1, 0.15) is 29.0 Å². The van der Waals surface area contributed by atoms with Gasteiger partial charge in [-0.15, -0.1) is 0 Å². The maximum atomic E-state index is 12.4. The fraction of sp³-hybridized carbons (Fsp3) is 0.222. The minimum atomic E-state index is -0.271. The summed E-state index contributed by atoms with van der Waals surface area (Å²) in [6.45, 7) is 1.61. The topological polar surface area (TPSA) is 62.6 Å². The van der Waals surface area contributed by atoms with E-state index in [4.69, 9.17) is 4.42 Å². The molecule has 3 rings (SSSR count). The molecule has 0 spiro atoms. The van der Waals surface area contributed by atoms with Gasteiger partial charge in [0.1, 0.15) is 5.76 Å². The standard InChI is InChI=1S/C18H18N2O3/c21-17(9-8-16-7-4-12-23-16)19-15-6-3-5-14(13-15)18(22)20-10-1-2-11-20/h3-9,12-13H,1-2,10-11H2,(H,19,21)/b9-8+. The number of hydrogen-bond acceptors (Lipinski definition) is 3. The van der Waals surface area contributed by atoms with Crippen molar-refractivity contribution in [2.24, 2.45) is 0 Å². The third kappa shape index (κ3) is 3.88. The second kappa shape index (κ2) is 6.96. The van der Waals surface area contributed by atoms with Crippen LogP contribution in [0, 0.1) is 0 Å². The zero-order valence-electron chi connectivity index (χ0n) is 12.7. The number of nitrogens with zero attached hydrogens (tertiary/aromatic N) is 1. The summed E-state index contributed by atoms with van der Waals surface area (Å²) in [4.78, 5) is 26.1. The first-order chi connectivity index (χ1) is 11.2. The lowest BCUT2D eigenvalue weighted by Crippen LogP contribution is -2.27. The zero-order chi connectivity index (χ0) is 16.1. The summed E-state index contributed by atoms with van der Waals surface area (Å²) in [6, 6.07) is 10.5. The monoisotopic (exact) mass is 310 g/mol. The molecule has 5 heteroatoms. The van der Waals surface area contributed by atoms with E-state index in [2.05, 4.69) is 5.32 Å². The van der Waals surface area contributed by atoms with Gasteiger partial charge in [0.25, 0.3) is 5.91 Å². The van der Waals surface area contributed by atoms with Crippen molar-refractivity contribution in [3.05, 3.63) is 60.1 Å². The summed E-state index contributed by atoms with van der Waals surface area (Å²) in [5, 5.41) is 2.75. The van der Waals surface area contributed by atoms with Gasteiger partial charge >= 0.3 is 0 Å². The molecule has 0 unspecified atom stereocenters. The van der Waals surface area contributed by atoms with E-state index < -0.39 is 0 Å². The molecule has 2 amide bonds. The number of hydrogen-bond donors (Lipinski definition) is 1. The van der Waals surface area contributed by atoms with Crippen LogP contribution in [-0.4, -0.2) is 29.8 Å². The van der Waals surface area contributed by atoms with Crippen molar-refractivity contribution in [1.29, 1.82) is 0 Å². The predicted octanol–water partition coefficient (Wildman–Crippen LogP) is 3.17. The summed E-state index contributed by atoms with van der Waals surface area (Å²) < 4.78 is 5.12. The molecule has 1 aliphatic heterocycles. The molecule has 5 nitrogen and oxygen atoms in total. The van der Waals surface area contributed by atoms with Crippen molar-refractivity contribution in [1.82, 2.24) is 4.90 Å². The Morgan fingerprint density at radius 1 is 1.13 bits per heavy atom. The third-order valence-corrected chi connectivity index (χ3v) is 3.71. The van der Waals surface area contributed by atoms with Crippen LogP contribution in [0.25, 0.3) is 6.08 Å². The molecular formula is C18H18N2O3. The third-order valence-electron chi connectivity index (χ3n) is 3.71. The summed E-state index contributed by atoms with van der Waals surface area (Å²) in [7, 11) is 0. The van der Waals surface area contributed by atoms with Crippen LogP contribution in [-0.2, 0) is 4.79 Å². The molecule has 118 valence electrons. The van der Waals surface area contributed by atoms with Gasteiger partial charge in [-0.3, -0.25) is 9.59 Å². The van der Waals surface area contributed by atoms with Gasteiger partial charge in [0.05, 0.1) is 6.26 Å². The van der Waals surface area contributed by atoms with Gasteiger partial charge in [0, 0.05) is 30.4 Å². The molecule has 23 heavy (non-hydrogen) atoms. The molecule has 1 saturated heterocycles. The van der Waals surface area contributed by atoms with Crippen LogP contribution in [0.2, 0.25) is 0 Å². The average molecular weight is 310 g/mol. The number of carbonyl (C=O) groups excluding carboxylic acids is 2. The van der Waals surface area contributed by atoms with E-state index in [9.17, 15) is 9.59 Å². The molecule has 0 saturated carbocycles. The van der Waals surface area contributed by atoms with Gasteiger partial charge in [-0.2, -0.15) is 0 Å². The van der Waals surface area contributed by atoms with Crippen LogP contribution in [0.15, 0.2) is 53.2 Å². The lowest BCUT2D eigenvalue weighted by Gasteiger charge is -2.15. The SMILES string of the molecule is O=C(/C=C/c1ccco1)Nc1cccc(C(=O)N2CCCC2)c1. The second-order valence-corrected chi connectivity index (χ2v) is 5.42. The minimum absolute atomic E-state index is 0.0183. The Morgan fingerprint density at radius 3 is 2.70 bits per heavy atom. The van der Waals surface area contributed by atoms with Gasteiger partial charge < -0.3 is 14.6 Å². The van der Waals surface area contributed by atoms with E-state index in [0.717, 1.165) is 25.9 Å². The smallest absolute Gasteiger partial charge is 0.253 e. The maximum Gasteiger partial charge on any atom is 0.253 e. The van der Waals surface area contributed by atoms with Gasteiger partial charge in [-0.05, 0) is 49.2 Å². The number of nitrogens with one attached hydrogen (secondary N) is 1. The number of rotatable bonds is 4. The Balaban J connectivity index is 1.65. The van der Waals surface area contributed by atoms with Gasteiger partial charge in [0.2, 0.25) is 5.91 Å². The van der Waals surface area contributed by atoms with Gasteiger partial charge in [-0.1, -0.05) is 6.07 Å². The maximum absolute atomic E-state index is 12.4. The molecule has 1 aromatic heterocycles. The summed E-state index contributed by atoms with van der Waals surface area (Å²) in [5.74, 6) is 0.356. The van der Waals surface area contributed by atoms with E-state index in [-0.39, 0.29) is 11.8 Å². The Hall–Kier alpha value is -2.82. The van der Waals surface area contributed by atoms with Crippen LogP contribution in [0.5, 0.6) is 0 Å². The van der Waals surface area contributed by atoms with Crippen LogP contribution in [0.4, 0.5) is 5.69 Å². The number of anilines is 1. The number of benzene rings is 1. The molecule has 0 radical (unpaired) electrons. The van der Waals surface area contributed by atoms with E-state index >= 15 is 0 Å². The minimum Gasteiger partial charge on any atom is -0.465 e. The summed E-state index contributed by atoms with van der Waals surface area (Å²) >= 11 is 0. The average Bonchev–Trinajstić information content (AvgIpc) is 3.26. The summed E-state index contributed by atoms with van der Waals surface area (Å²) in [6.07, 6.45) is 6.65. The first-order valence-electron chi connectivity index (χ1n) is 7.64. The lowest BCUT2D eigenvalue weighted by molar-refractivity contribution is -0.111. The molecule has 0 atom stereocenters. The van der Waals surface area contributed by atoms with Crippen molar-refractivity contribution in [2.75, 3.05) is 18.4 Å². The van der Waals surface area contributed by atoms with Crippen LogP contribution in [0.3, 0.4) is 0 Å². The van der Waals surface area contributed by atoms with Gasteiger partial charge in [-0.25, -0.2) is 0 Å². The largest absolute Gasteiger partial charge is 0.465 e. The molecule has 1 N–H and O–H groups in total. The highest BCUT2D eigenvalue weighted by atomic mass is 16.3.